The number of rotatable bonds is 8. The quantitative estimate of drug-likeness (QED) is 0.446. The highest BCUT2D eigenvalue weighted by Crippen LogP contribution is 2.31. The molecule has 0 unspecified atom stereocenters. The van der Waals surface area contributed by atoms with Crippen molar-refractivity contribution >= 4 is 23.8 Å². The first-order valence-corrected chi connectivity index (χ1v) is 10.4. The van der Waals surface area contributed by atoms with Gasteiger partial charge in [0.25, 0.3) is 5.91 Å². The van der Waals surface area contributed by atoms with Crippen molar-refractivity contribution in [2.45, 2.75) is 38.3 Å². The average molecular weight is 419 g/mol. The van der Waals surface area contributed by atoms with Crippen molar-refractivity contribution in [2.75, 3.05) is 11.9 Å². The monoisotopic (exact) mass is 419 g/mol. The maximum absolute atomic E-state index is 12.2. The molecule has 160 valence electrons. The third kappa shape index (κ3) is 5.69. The van der Waals surface area contributed by atoms with Crippen LogP contribution in [0.15, 0.2) is 61.1 Å². The molecule has 1 aliphatic carbocycles. The fraction of sp³-hybridized carbons (Fsp3) is 0.304. The molecule has 8 nitrogen and oxygen atoms in total. The molecule has 1 amide bonds. The standard InChI is InChI=1S/C23H25N5O3/c29-22(26-21-12-13-24-28(21)20-8-4-5-9-20)17-31-23(30)11-10-19-14-25-27(16-19)15-18-6-2-1-3-7-18/h1-3,6-7,10-14,16,20H,4-5,8-9,15,17H2,(H,26,29)/b11-10+. The van der Waals surface area contributed by atoms with Crippen LogP contribution in [0.4, 0.5) is 5.82 Å². The van der Waals surface area contributed by atoms with Crippen LogP contribution < -0.4 is 5.32 Å². The zero-order valence-electron chi connectivity index (χ0n) is 17.2. The second-order valence-electron chi connectivity index (χ2n) is 7.55. The van der Waals surface area contributed by atoms with E-state index >= 15 is 0 Å². The molecule has 1 fully saturated rings. The van der Waals surface area contributed by atoms with E-state index in [9.17, 15) is 9.59 Å². The van der Waals surface area contributed by atoms with E-state index in [0.717, 1.165) is 24.0 Å². The Hall–Kier alpha value is -3.68. The molecule has 4 rings (SSSR count). The van der Waals surface area contributed by atoms with Crippen molar-refractivity contribution in [1.82, 2.24) is 19.6 Å². The van der Waals surface area contributed by atoms with Crippen LogP contribution in [-0.4, -0.2) is 38.0 Å². The first-order valence-electron chi connectivity index (χ1n) is 10.4. The van der Waals surface area contributed by atoms with E-state index in [0.29, 0.717) is 18.4 Å². The number of nitrogens with one attached hydrogen (secondary N) is 1. The number of amides is 1. The van der Waals surface area contributed by atoms with E-state index < -0.39 is 11.9 Å². The highest BCUT2D eigenvalue weighted by atomic mass is 16.5. The fourth-order valence-corrected chi connectivity index (χ4v) is 3.70. The molecule has 1 N–H and O–H groups in total. The van der Waals surface area contributed by atoms with Crippen LogP contribution in [0.1, 0.15) is 42.9 Å². The molecule has 0 saturated heterocycles. The van der Waals surface area contributed by atoms with E-state index in [-0.39, 0.29) is 6.61 Å². The van der Waals surface area contributed by atoms with Gasteiger partial charge in [-0.15, -0.1) is 0 Å². The van der Waals surface area contributed by atoms with E-state index in [4.69, 9.17) is 4.74 Å². The zero-order valence-corrected chi connectivity index (χ0v) is 17.2. The predicted molar refractivity (Wildman–Crippen MR) is 116 cm³/mol. The Labute approximate surface area is 180 Å². The highest BCUT2D eigenvalue weighted by molar-refractivity contribution is 5.94. The molecule has 8 heteroatoms. The van der Waals surface area contributed by atoms with Gasteiger partial charge in [-0.2, -0.15) is 10.2 Å². The van der Waals surface area contributed by atoms with Gasteiger partial charge in [0.15, 0.2) is 6.61 Å². The maximum atomic E-state index is 12.2. The smallest absolute Gasteiger partial charge is 0.331 e. The Morgan fingerprint density at radius 2 is 1.94 bits per heavy atom. The minimum atomic E-state index is -0.588. The second kappa shape index (κ2) is 9.88. The highest BCUT2D eigenvalue weighted by Gasteiger charge is 2.20. The lowest BCUT2D eigenvalue weighted by Crippen LogP contribution is -2.22. The molecule has 0 bridgehead atoms. The minimum Gasteiger partial charge on any atom is -0.452 e. The summed E-state index contributed by atoms with van der Waals surface area (Å²) in [6, 6.07) is 12.1. The fourth-order valence-electron chi connectivity index (χ4n) is 3.70. The Morgan fingerprint density at radius 1 is 1.13 bits per heavy atom. The molecule has 1 saturated carbocycles. The molecule has 1 aliphatic rings. The molecule has 31 heavy (non-hydrogen) atoms. The number of hydrogen-bond donors (Lipinski definition) is 1. The molecule has 0 spiro atoms. The van der Waals surface area contributed by atoms with Crippen molar-refractivity contribution < 1.29 is 14.3 Å². The largest absolute Gasteiger partial charge is 0.452 e. The molecule has 2 heterocycles. The van der Waals surface area contributed by atoms with Crippen LogP contribution in [0.2, 0.25) is 0 Å². The van der Waals surface area contributed by atoms with Gasteiger partial charge in [0.1, 0.15) is 5.82 Å². The SMILES string of the molecule is O=C(COC(=O)/C=C/c1cnn(Cc2ccccc2)c1)Nc1ccnn1C1CCCC1. The van der Waals surface area contributed by atoms with E-state index in [1.165, 1.54) is 18.9 Å². The van der Waals surface area contributed by atoms with Crippen molar-refractivity contribution in [1.29, 1.82) is 0 Å². The summed E-state index contributed by atoms with van der Waals surface area (Å²) < 4.78 is 8.69. The predicted octanol–water partition coefficient (Wildman–Crippen LogP) is 3.44. The van der Waals surface area contributed by atoms with E-state index in [1.807, 2.05) is 41.2 Å². The Bertz CT molecular complexity index is 1050. The third-order valence-electron chi connectivity index (χ3n) is 5.21. The number of benzene rings is 1. The van der Waals surface area contributed by atoms with Crippen LogP contribution in [0.25, 0.3) is 6.08 Å². The molecular weight excluding hydrogens is 394 g/mol. The second-order valence-corrected chi connectivity index (χ2v) is 7.55. The van der Waals surface area contributed by atoms with E-state index in [2.05, 4.69) is 15.5 Å². The van der Waals surface area contributed by atoms with Gasteiger partial charge >= 0.3 is 5.97 Å². The molecule has 2 aromatic heterocycles. The summed E-state index contributed by atoms with van der Waals surface area (Å²) in [4.78, 5) is 24.1. The first-order chi connectivity index (χ1) is 15.2. The maximum Gasteiger partial charge on any atom is 0.331 e. The van der Waals surface area contributed by atoms with Gasteiger partial charge in [-0.3, -0.25) is 9.48 Å². The number of carbonyl (C=O) groups excluding carboxylic acids is 2. The lowest BCUT2D eigenvalue weighted by Gasteiger charge is -2.14. The first kappa shape index (κ1) is 20.6. The minimum absolute atomic E-state index is 0.318. The topological polar surface area (TPSA) is 91.0 Å². The molecule has 0 aliphatic heterocycles. The molecule has 0 atom stereocenters. The lowest BCUT2D eigenvalue weighted by atomic mass is 10.2. The van der Waals surface area contributed by atoms with Crippen molar-refractivity contribution in [3.63, 3.8) is 0 Å². The number of carbonyl (C=O) groups is 2. The van der Waals surface area contributed by atoms with Gasteiger partial charge in [-0.25, -0.2) is 9.48 Å². The van der Waals surface area contributed by atoms with Gasteiger partial charge in [-0.05, 0) is 24.5 Å². The van der Waals surface area contributed by atoms with Crippen LogP contribution in [-0.2, 0) is 20.9 Å². The van der Waals surface area contributed by atoms with Crippen molar-refractivity contribution in [3.05, 3.63) is 72.2 Å². The Balaban J connectivity index is 1.23. The molecular formula is C23H25N5O3. The van der Waals surface area contributed by atoms with Crippen molar-refractivity contribution in [3.8, 4) is 0 Å². The molecule has 1 aromatic carbocycles. The van der Waals surface area contributed by atoms with Crippen LogP contribution in [0, 0.1) is 0 Å². The lowest BCUT2D eigenvalue weighted by molar-refractivity contribution is -0.142. The number of hydrogen-bond acceptors (Lipinski definition) is 5. The average Bonchev–Trinajstić information content (AvgIpc) is 3.53. The van der Waals surface area contributed by atoms with Gasteiger partial charge in [-0.1, -0.05) is 43.2 Å². The number of aromatic nitrogens is 4. The van der Waals surface area contributed by atoms with Crippen molar-refractivity contribution in [2.24, 2.45) is 0 Å². The number of anilines is 1. The summed E-state index contributed by atoms with van der Waals surface area (Å²) in [6.45, 7) is 0.295. The summed E-state index contributed by atoms with van der Waals surface area (Å²) in [6.07, 6.45) is 12.6. The third-order valence-corrected chi connectivity index (χ3v) is 5.21. The number of esters is 1. The molecule has 0 radical (unpaired) electrons. The molecule has 3 aromatic rings. The summed E-state index contributed by atoms with van der Waals surface area (Å²) in [7, 11) is 0. The van der Waals surface area contributed by atoms with Gasteiger partial charge < -0.3 is 10.1 Å². The summed E-state index contributed by atoms with van der Waals surface area (Å²) in [5, 5.41) is 11.4. The number of ether oxygens (including phenoxy) is 1. The summed E-state index contributed by atoms with van der Waals surface area (Å²) >= 11 is 0. The number of nitrogens with zero attached hydrogens (tertiary/aromatic N) is 4. The Morgan fingerprint density at radius 3 is 2.74 bits per heavy atom. The summed E-state index contributed by atoms with van der Waals surface area (Å²) in [5.74, 6) is -0.346. The normalized spacial score (nSPS) is 14.2. The zero-order chi connectivity index (χ0) is 21.5. The van der Waals surface area contributed by atoms with Gasteiger partial charge in [0.05, 0.1) is 25.0 Å². The van der Waals surface area contributed by atoms with Crippen LogP contribution in [0.5, 0.6) is 0 Å². The summed E-state index contributed by atoms with van der Waals surface area (Å²) in [5.41, 5.74) is 1.92. The van der Waals surface area contributed by atoms with Gasteiger partial charge in [0, 0.05) is 23.9 Å². The van der Waals surface area contributed by atoms with Crippen LogP contribution >= 0.6 is 0 Å². The van der Waals surface area contributed by atoms with Crippen LogP contribution in [0.3, 0.4) is 0 Å². The van der Waals surface area contributed by atoms with Gasteiger partial charge in [0.2, 0.25) is 0 Å². The Kier molecular flexibility index (Phi) is 6.56. The van der Waals surface area contributed by atoms with E-state index in [1.54, 1.807) is 29.2 Å².